The number of aromatic nitrogens is 2. The molecule has 3 aromatic rings. The second kappa shape index (κ2) is 7.76. The minimum Gasteiger partial charge on any atom is -0.290 e. The van der Waals surface area contributed by atoms with Gasteiger partial charge in [0.25, 0.3) is 0 Å². The molecule has 0 bridgehead atoms. The summed E-state index contributed by atoms with van der Waals surface area (Å²) in [7, 11) is 0. The van der Waals surface area contributed by atoms with Gasteiger partial charge in [0.15, 0.2) is 5.84 Å². The number of aliphatic imine (C=N–C) groups is 1. The molecule has 2 heterocycles. The first kappa shape index (κ1) is 18.1. The highest BCUT2D eigenvalue weighted by Crippen LogP contribution is 2.22. The molecule has 3 N–H and O–H groups in total. The molecule has 0 aliphatic carbocycles. The fourth-order valence-electron chi connectivity index (χ4n) is 3.32. The molecule has 6 heteroatoms. The number of benzene rings is 2. The van der Waals surface area contributed by atoms with Crippen molar-refractivity contribution >= 4 is 28.5 Å². The van der Waals surface area contributed by atoms with Crippen LogP contribution in [0, 0.1) is 5.82 Å². The smallest absolute Gasteiger partial charge is 0.290 e. The van der Waals surface area contributed by atoms with Crippen LogP contribution in [0.5, 0.6) is 0 Å². The summed E-state index contributed by atoms with van der Waals surface area (Å²) in [6.45, 7) is 4.79. The maximum Gasteiger partial charge on any atom is 0.345 e. The van der Waals surface area contributed by atoms with E-state index in [0.29, 0.717) is 12.5 Å². The zero-order valence-corrected chi connectivity index (χ0v) is 16.0. The first-order valence-electron chi connectivity index (χ1n) is 9.46. The SMILES string of the molecule is CC[C@H]1N=C(Nc2[nH+]c(NCc3ccc(F)cc3)nc3ccccc23)C=C1C. The van der Waals surface area contributed by atoms with Gasteiger partial charge in [0.05, 0.1) is 18.0 Å². The lowest BCUT2D eigenvalue weighted by atomic mass is 10.1. The molecule has 1 aromatic heterocycles. The molecule has 0 radical (unpaired) electrons. The van der Waals surface area contributed by atoms with Crippen LogP contribution in [0.3, 0.4) is 0 Å². The normalized spacial score (nSPS) is 16.0. The first-order chi connectivity index (χ1) is 13.6. The monoisotopic (exact) mass is 376 g/mol. The van der Waals surface area contributed by atoms with Crippen LogP contribution in [-0.2, 0) is 6.54 Å². The molecule has 0 spiro atoms. The van der Waals surface area contributed by atoms with Gasteiger partial charge in [-0.2, -0.15) is 0 Å². The molecule has 0 unspecified atom stereocenters. The molecule has 0 saturated heterocycles. The van der Waals surface area contributed by atoms with Gasteiger partial charge in [0.2, 0.25) is 5.82 Å². The lowest BCUT2D eigenvalue weighted by Crippen LogP contribution is -2.23. The van der Waals surface area contributed by atoms with E-state index in [-0.39, 0.29) is 11.9 Å². The predicted molar refractivity (Wildman–Crippen MR) is 111 cm³/mol. The summed E-state index contributed by atoms with van der Waals surface area (Å²) in [4.78, 5) is 12.7. The van der Waals surface area contributed by atoms with E-state index in [9.17, 15) is 4.39 Å². The van der Waals surface area contributed by atoms with E-state index in [1.165, 1.54) is 17.7 Å². The standard InChI is InChI=1S/C22H22FN5/c1-3-18-14(2)12-20(25-18)27-21-17-6-4-5-7-19(17)26-22(28-21)24-13-15-8-10-16(23)11-9-15/h4-12,18H,3,13H2,1-2H3,(H2,24,25,26,27,28)/p+1/t18-/m1/s1. The van der Waals surface area contributed by atoms with Gasteiger partial charge in [-0.1, -0.05) is 31.2 Å². The van der Waals surface area contributed by atoms with Crippen LogP contribution in [-0.4, -0.2) is 16.9 Å². The number of hydrogen-bond acceptors (Lipinski definition) is 4. The molecule has 5 nitrogen and oxygen atoms in total. The Bertz CT molecular complexity index is 1060. The molecular weight excluding hydrogens is 353 g/mol. The first-order valence-corrected chi connectivity index (χ1v) is 9.46. The molecule has 1 aliphatic rings. The molecule has 1 aliphatic heterocycles. The number of nitrogens with zero attached hydrogens (tertiary/aromatic N) is 2. The van der Waals surface area contributed by atoms with E-state index in [1.807, 2.05) is 24.3 Å². The average molecular weight is 376 g/mol. The fraction of sp³-hybridized carbons (Fsp3) is 0.227. The average Bonchev–Trinajstić information content (AvgIpc) is 3.07. The minimum atomic E-state index is -0.239. The van der Waals surface area contributed by atoms with Crippen molar-refractivity contribution < 1.29 is 9.37 Å². The lowest BCUT2D eigenvalue weighted by molar-refractivity contribution is -0.345. The zero-order chi connectivity index (χ0) is 19.5. The topological polar surface area (TPSA) is 63.5 Å². The third-order valence-electron chi connectivity index (χ3n) is 4.85. The minimum absolute atomic E-state index is 0.239. The Balaban J connectivity index is 1.61. The van der Waals surface area contributed by atoms with Crippen LogP contribution in [0.15, 0.2) is 65.2 Å². The number of halogens is 1. The quantitative estimate of drug-likeness (QED) is 0.696. The molecule has 0 amide bonds. The molecule has 0 fully saturated rings. The van der Waals surface area contributed by atoms with Crippen molar-refractivity contribution in [2.24, 2.45) is 4.99 Å². The fourth-order valence-corrected chi connectivity index (χ4v) is 3.32. The summed E-state index contributed by atoms with van der Waals surface area (Å²) in [6.07, 6.45) is 3.07. The molecule has 142 valence electrons. The van der Waals surface area contributed by atoms with Crippen molar-refractivity contribution in [1.29, 1.82) is 0 Å². The van der Waals surface area contributed by atoms with Gasteiger partial charge < -0.3 is 0 Å². The zero-order valence-electron chi connectivity index (χ0n) is 16.0. The number of rotatable bonds is 5. The summed E-state index contributed by atoms with van der Waals surface area (Å²) < 4.78 is 13.1. The highest BCUT2D eigenvalue weighted by molar-refractivity contribution is 6.08. The largest absolute Gasteiger partial charge is 0.345 e. The van der Waals surface area contributed by atoms with Crippen LogP contribution in [0.2, 0.25) is 0 Å². The van der Waals surface area contributed by atoms with Crippen molar-refractivity contribution in [3.63, 3.8) is 0 Å². The van der Waals surface area contributed by atoms with E-state index in [4.69, 9.17) is 4.99 Å². The number of amidine groups is 1. The van der Waals surface area contributed by atoms with Crippen molar-refractivity contribution in [1.82, 2.24) is 4.98 Å². The van der Waals surface area contributed by atoms with Crippen LogP contribution < -0.4 is 15.6 Å². The van der Waals surface area contributed by atoms with Crippen LogP contribution in [0.1, 0.15) is 25.8 Å². The molecule has 0 saturated carbocycles. The molecule has 2 aromatic carbocycles. The molecular formula is C22H23FN5+. The maximum absolute atomic E-state index is 13.1. The highest BCUT2D eigenvalue weighted by Gasteiger charge is 2.19. The summed E-state index contributed by atoms with van der Waals surface area (Å²) in [6, 6.07) is 14.6. The van der Waals surface area contributed by atoms with Crippen molar-refractivity contribution in [3.05, 3.63) is 71.6 Å². The summed E-state index contributed by atoms with van der Waals surface area (Å²) in [5.41, 5.74) is 3.11. The van der Waals surface area contributed by atoms with Crippen molar-refractivity contribution in [2.45, 2.75) is 32.9 Å². The second-order valence-corrected chi connectivity index (χ2v) is 6.91. The van der Waals surface area contributed by atoms with Crippen LogP contribution in [0.25, 0.3) is 10.9 Å². The Hall–Kier alpha value is -3.28. The third kappa shape index (κ3) is 3.86. The van der Waals surface area contributed by atoms with Gasteiger partial charge in [0, 0.05) is 0 Å². The van der Waals surface area contributed by atoms with Crippen molar-refractivity contribution in [3.8, 4) is 0 Å². The number of fused-ring (bicyclic) bond motifs is 1. The van der Waals surface area contributed by atoms with Gasteiger partial charge in [-0.25, -0.2) is 9.37 Å². The lowest BCUT2D eigenvalue weighted by Gasteiger charge is -2.07. The number of nitrogens with one attached hydrogen (secondary N) is 3. The van der Waals surface area contributed by atoms with Gasteiger partial charge in [-0.3, -0.25) is 15.6 Å². The van der Waals surface area contributed by atoms with Gasteiger partial charge in [0.1, 0.15) is 11.3 Å². The van der Waals surface area contributed by atoms with E-state index >= 15 is 0 Å². The highest BCUT2D eigenvalue weighted by atomic mass is 19.1. The second-order valence-electron chi connectivity index (χ2n) is 6.91. The predicted octanol–water partition coefficient (Wildman–Crippen LogP) is 4.35. The summed E-state index contributed by atoms with van der Waals surface area (Å²) in [5.74, 6) is 2.08. The Morgan fingerprint density at radius 2 is 1.89 bits per heavy atom. The third-order valence-corrected chi connectivity index (χ3v) is 4.85. The molecule has 4 rings (SSSR count). The van der Waals surface area contributed by atoms with Gasteiger partial charge in [-0.05, 0) is 54.8 Å². The Morgan fingerprint density at radius 1 is 1.11 bits per heavy atom. The van der Waals surface area contributed by atoms with E-state index in [0.717, 1.165) is 34.5 Å². The maximum atomic E-state index is 13.1. The Labute approximate surface area is 163 Å². The number of H-pyrrole nitrogens is 1. The summed E-state index contributed by atoms with van der Waals surface area (Å²) >= 11 is 0. The molecule has 28 heavy (non-hydrogen) atoms. The number of hydrogen-bond donors (Lipinski definition) is 2. The van der Waals surface area contributed by atoms with Gasteiger partial charge >= 0.3 is 5.95 Å². The van der Waals surface area contributed by atoms with Gasteiger partial charge in [-0.15, -0.1) is 4.98 Å². The van der Waals surface area contributed by atoms with E-state index < -0.39 is 0 Å². The Kier molecular flexibility index (Phi) is 5.02. The number of para-hydroxylation sites is 1. The Morgan fingerprint density at radius 3 is 2.64 bits per heavy atom. The molecule has 1 atom stereocenters. The number of anilines is 2. The van der Waals surface area contributed by atoms with E-state index in [2.05, 4.69) is 40.5 Å². The van der Waals surface area contributed by atoms with Crippen LogP contribution >= 0.6 is 0 Å². The van der Waals surface area contributed by atoms with E-state index in [1.54, 1.807) is 12.1 Å². The summed E-state index contributed by atoms with van der Waals surface area (Å²) in [5, 5.41) is 7.68. The van der Waals surface area contributed by atoms with Crippen molar-refractivity contribution in [2.75, 3.05) is 10.6 Å². The number of aromatic amines is 1. The van der Waals surface area contributed by atoms with Crippen LogP contribution in [0.4, 0.5) is 16.2 Å².